The number of aromatic nitrogens is 3. The fraction of sp³-hybridized carbons (Fsp3) is 0.0667. The quantitative estimate of drug-likeness (QED) is 0.770. The van der Waals surface area contributed by atoms with Crippen molar-refractivity contribution in [1.82, 2.24) is 14.8 Å². The Balaban J connectivity index is 2.29. The van der Waals surface area contributed by atoms with E-state index in [0.29, 0.717) is 28.3 Å². The zero-order chi connectivity index (χ0) is 15.0. The minimum atomic E-state index is -0.353. The molecular formula is C15H12BrFN4. The van der Waals surface area contributed by atoms with Crippen LogP contribution in [0.4, 0.5) is 10.2 Å². The molecule has 2 heterocycles. The third-order valence-corrected chi connectivity index (χ3v) is 3.69. The molecule has 0 bridgehead atoms. The molecule has 0 aliphatic heterocycles. The lowest BCUT2D eigenvalue weighted by Crippen LogP contribution is -1.98. The van der Waals surface area contributed by atoms with Crippen molar-refractivity contribution in [3.8, 4) is 22.5 Å². The van der Waals surface area contributed by atoms with Crippen LogP contribution in [0, 0.1) is 5.82 Å². The summed E-state index contributed by atoms with van der Waals surface area (Å²) in [4.78, 5) is 4.29. The lowest BCUT2D eigenvalue weighted by atomic mass is 10.0. The number of rotatable bonds is 2. The summed E-state index contributed by atoms with van der Waals surface area (Å²) in [6.07, 6.45) is 1.67. The Labute approximate surface area is 129 Å². The highest BCUT2D eigenvalue weighted by Crippen LogP contribution is 2.36. The van der Waals surface area contributed by atoms with Gasteiger partial charge < -0.3 is 5.73 Å². The van der Waals surface area contributed by atoms with Gasteiger partial charge in [-0.15, -0.1) is 0 Å². The van der Waals surface area contributed by atoms with E-state index in [9.17, 15) is 4.39 Å². The van der Waals surface area contributed by atoms with Crippen LogP contribution in [0.5, 0.6) is 0 Å². The molecule has 0 saturated carbocycles. The molecule has 0 amide bonds. The van der Waals surface area contributed by atoms with Crippen LogP contribution in [0.2, 0.25) is 0 Å². The van der Waals surface area contributed by atoms with Crippen molar-refractivity contribution in [2.45, 2.75) is 0 Å². The Morgan fingerprint density at radius 2 is 2.05 bits per heavy atom. The SMILES string of the molecule is Cn1nc(-c2cc(Br)ccc2F)c(-c2ccccn2)c1N. The monoisotopic (exact) mass is 346 g/mol. The van der Waals surface area contributed by atoms with Gasteiger partial charge in [-0.3, -0.25) is 9.67 Å². The molecule has 0 fully saturated rings. The van der Waals surface area contributed by atoms with E-state index in [-0.39, 0.29) is 5.82 Å². The third kappa shape index (κ3) is 2.42. The summed E-state index contributed by atoms with van der Waals surface area (Å²) in [7, 11) is 1.72. The predicted octanol–water partition coefficient (Wildman–Crippen LogP) is 3.63. The largest absolute Gasteiger partial charge is 0.383 e. The van der Waals surface area contributed by atoms with E-state index < -0.39 is 0 Å². The van der Waals surface area contributed by atoms with Gasteiger partial charge in [-0.2, -0.15) is 5.10 Å². The molecule has 0 saturated heterocycles. The minimum Gasteiger partial charge on any atom is -0.383 e. The summed E-state index contributed by atoms with van der Waals surface area (Å²) < 4.78 is 16.5. The second-order valence-corrected chi connectivity index (χ2v) is 5.49. The summed E-state index contributed by atoms with van der Waals surface area (Å²) >= 11 is 3.35. The number of halogens is 2. The molecule has 0 aliphatic carbocycles. The van der Waals surface area contributed by atoms with Crippen molar-refractivity contribution in [2.75, 3.05) is 5.73 Å². The van der Waals surface area contributed by atoms with Crippen molar-refractivity contribution in [1.29, 1.82) is 0 Å². The van der Waals surface area contributed by atoms with Crippen LogP contribution in [-0.4, -0.2) is 14.8 Å². The third-order valence-electron chi connectivity index (χ3n) is 3.20. The maximum Gasteiger partial charge on any atom is 0.132 e. The number of pyridine rings is 1. The number of hydrogen-bond acceptors (Lipinski definition) is 3. The molecule has 0 aliphatic rings. The van der Waals surface area contributed by atoms with E-state index in [0.717, 1.165) is 4.47 Å². The second kappa shape index (κ2) is 5.29. The van der Waals surface area contributed by atoms with Gasteiger partial charge in [0.2, 0.25) is 0 Å². The molecule has 4 nitrogen and oxygen atoms in total. The summed E-state index contributed by atoms with van der Waals surface area (Å²) in [5.74, 6) is 0.0940. The molecule has 106 valence electrons. The maximum absolute atomic E-state index is 14.2. The summed E-state index contributed by atoms with van der Waals surface area (Å²) in [6, 6.07) is 10.2. The zero-order valence-corrected chi connectivity index (χ0v) is 12.8. The van der Waals surface area contributed by atoms with Gasteiger partial charge in [0.15, 0.2) is 0 Å². The molecule has 2 aromatic heterocycles. The van der Waals surface area contributed by atoms with Crippen LogP contribution >= 0.6 is 15.9 Å². The minimum absolute atomic E-state index is 0.353. The van der Waals surface area contributed by atoms with E-state index in [4.69, 9.17) is 5.73 Å². The lowest BCUT2D eigenvalue weighted by Gasteiger charge is -2.05. The van der Waals surface area contributed by atoms with Gasteiger partial charge in [-0.05, 0) is 30.3 Å². The zero-order valence-electron chi connectivity index (χ0n) is 11.2. The first-order valence-electron chi connectivity index (χ1n) is 6.27. The number of aryl methyl sites for hydroxylation is 1. The molecule has 0 unspecified atom stereocenters. The Hall–Kier alpha value is -2.21. The van der Waals surface area contributed by atoms with Crippen molar-refractivity contribution < 1.29 is 4.39 Å². The highest BCUT2D eigenvalue weighted by molar-refractivity contribution is 9.10. The van der Waals surface area contributed by atoms with Gasteiger partial charge in [-0.1, -0.05) is 22.0 Å². The maximum atomic E-state index is 14.2. The fourth-order valence-corrected chi connectivity index (χ4v) is 2.53. The number of benzene rings is 1. The van der Waals surface area contributed by atoms with Gasteiger partial charge in [-0.25, -0.2) is 4.39 Å². The first-order chi connectivity index (χ1) is 10.1. The van der Waals surface area contributed by atoms with Crippen molar-refractivity contribution in [2.24, 2.45) is 7.05 Å². The van der Waals surface area contributed by atoms with E-state index in [2.05, 4.69) is 26.0 Å². The molecule has 1 aromatic carbocycles. The van der Waals surface area contributed by atoms with Crippen LogP contribution < -0.4 is 5.73 Å². The highest BCUT2D eigenvalue weighted by Gasteiger charge is 2.20. The topological polar surface area (TPSA) is 56.7 Å². The molecule has 0 spiro atoms. The van der Waals surface area contributed by atoms with Crippen molar-refractivity contribution >= 4 is 21.7 Å². The van der Waals surface area contributed by atoms with Gasteiger partial charge in [0, 0.05) is 23.3 Å². The van der Waals surface area contributed by atoms with Crippen LogP contribution in [0.1, 0.15) is 0 Å². The lowest BCUT2D eigenvalue weighted by molar-refractivity contribution is 0.629. The first-order valence-corrected chi connectivity index (χ1v) is 7.06. The average molecular weight is 347 g/mol. The number of nitrogens with two attached hydrogens (primary N) is 1. The predicted molar refractivity (Wildman–Crippen MR) is 83.9 cm³/mol. The first kappa shape index (κ1) is 13.8. The number of nitrogens with zero attached hydrogens (tertiary/aromatic N) is 3. The Bertz CT molecular complexity index is 799. The van der Waals surface area contributed by atoms with Crippen molar-refractivity contribution in [3.63, 3.8) is 0 Å². The Morgan fingerprint density at radius 3 is 2.76 bits per heavy atom. The average Bonchev–Trinajstić information content (AvgIpc) is 2.78. The fourth-order valence-electron chi connectivity index (χ4n) is 2.17. The normalized spacial score (nSPS) is 10.8. The molecule has 2 N–H and O–H groups in total. The van der Waals surface area contributed by atoms with E-state index >= 15 is 0 Å². The van der Waals surface area contributed by atoms with Crippen LogP contribution in [-0.2, 0) is 7.05 Å². The summed E-state index contributed by atoms with van der Waals surface area (Å²) in [5, 5.41) is 4.35. The van der Waals surface area contributed by atoms with Gasteiger partial charge in [0.25, 0.3) is 0 Å². The standard InChI is InChI=1S/C15H12BrFN4/c1-21-15(18)13(12-4-2-3-7-19-12)14(20-21)10-8-9(16)5-6-11(10)17/h2-8H,18H2,1H3. The van der Waals surface area contributed by atoms with Gasteiger partial charge >= 0.3 is 0 Å². The van der Waals surface area contributed by atoms with E-state index in [1.807, 2.05) is 18.2 Å². The molecule has 21 heavy (non-hydrogen) atoms. The number of hydrogen-bond donors (Lipinski definition) is 1. The molecule has 6 heteroatoms. The van der Waals surface area contributed by atoms with Gasteiger partial charge in [0.05, 0.1) is 11.3 Å². The summed E-state index contributed by atoms with van der Waals surface area (Å²) in [6.45, 7) is 0. The Kier molecular flexibility index (Phi) is 3.47. The molecular weight excluding hydrogens is 335 g/mol. The van der Waals surface area contributed by atoms with E-state index in [1.54, 1.807) is 25.4 Å². The Morgan fingerprint density at radius 1 is 1.24 bits per heavy atom. The smallest absolute Gasteiger partial charge is 0.132 e. The molecule has 3 aromatic rings. The second-order valence-electron chi connectivity index (χ2n) is 4.57. The molecule has 3 rings (SSSR count). The number of anilines is 1. The molecule has 0 radical (unpaired) electrons. The molecule has 0 atom stereocenters. The van der Waals surface area contributed by atoms with E-state index in [1.165, 1.54) is 10.7 Å². The summed E-state index contributed by atoms with van der Waals surface area (Å²) in [5.41, 5.74) is 8.25. The highest BCUT2D eigenvalue weighted by atomic mass is 79.9. The van der Waals surface area contributed by atoms with Crippen molar-refractivity contribution in [3.05, 3.63) is 52.9 Å². The van der Waals surface area contributed by atoms with Gasteiger partial charge in [0.1, 0.15) is 17.3 Å². The van der Waals surface area contributed by atoms with Crippen LogP contribution in [0.15, 0.2) is 47.1 Å². The number of nitrogen functional groups attached to an aromatic ring is 1. The van der Waals surface area contributed by atoms with Crippen LogP contribution in [0.25, 0.3) is 22.5 Å². The van der Waals surface area contributed by atoms with Crippen LogP contribution in [0.3, 0.4) is 0 Å².